The maximum absolute atomic E-state index is 12.9. The largest absolute Gasteiger partial charge is 0.288 e. The fourth-order valence-corrected chi connectivity index (χ4v) is 3.64. The second-order valence-electron chi connectivity index (χ2n) is 6.27. The molecule has 0 aliphatic rings. The van der Waals surface area contributed by atoms with Crippen molar-refractivity contribution in [2.75, 3.05) is 12.1 Å². The van der Waals surface area contributed by atoms with Crippen LogP contribution in [0.1, 0.15) is 20.9 Å². The SMILES string of the molecule is Cc1cc(C(=O)NN(C)c2ccccc2)c2cnn(Cc3cccs3)c2n1. The topological polar surface area (TPSA) is 63.1 Å². The Balaban J connectivity index is 1.65. The van der Waals surface area contributed by atoms with Crippen LogP contribution in [0.5, 0.6) is 0 Å². The highest BCUT2D eigenvalue weighted by Crippen LogP contribution is 2.21. The molecule has 1 N–H and O–H groups in total. The fourth-order valence-electron chi connectivity index (χ4n) is 2.96. The van der Waals surface area contributed by atoms with Crippen molar-refractivity contribution in [3.05, 3.63) is 76.2 Å². The molecule has 0 fully saturated rings. The summed E-state index contributed by atoms with van der Waals surface area (Å²) in [4.78, 5) is 18.7. The molecule has 27 heavy (non-hydrogen) atoms. The van der Waals surface area contributed by atoms with Crippen LogP contribution in [0.4, 0.5) is 5.69 Å². The van der Waals surface area contributed by atoms with Gasteiger partial charge in [0.25, 0.3) is 5.91 Å². The molecule has 0 saturated carbocycles. The number of thiophene rings is 1. The molecule has 3 heterocycles. The van der Waals surface area contributed by atoms with E-state index in [4.69, 9.17) is 0 Å². The molecule has 1 amide bonds. The van der Waals surface area contributed by atoms with Crippen LogP contribution < -0.4 is 10.4 Å². The molecular weight excluding hydrogens is 358 g/mol. The number of aromatic nitrogens is 3. The molecule has 0 bridgehead atoms. The molecule has 0 unspecified atom stereocenters. The lowest BCUT2D eigenvalue weighted by Gasteiger charge is -2.20. The van der Waals surface area contributed by atoms with E-state index in [1.165, 1.54) is 4.88 Å². The van der Waals surface area contributed by atoms with Crippen molar-refractivity contribution in [2.24, 2.45) is 0 Å². The van der Waals surface area contributed by atoms with Crippen LogP contribution in [0.25, 0.3) is 11.0 Å². The first-order chi connectivity index (χ1) is 13.1. The van der Waals surface area contributed by atoms with E-state index in [-0.39, 0.29) is 5.91 Å². The molecular formula is C20H19N5OS. The van der Waals surface area contributed by atoms with Crippen LogP contribution in [0, 0.1) is 6.92 Å². The molecule has 4 aromatic rings. The average molecular weight is 377 g/mol. The number of para-hydroxylation sites is 1. The second kappa shape index (κ2) is 7.20. The third-order valence-corrected chi connectivity index (χ3v) is 5.14. The van der Waals surface area contributed by atoms with E-state index in [2.05, 4.69) is 21.6 Å². The Kier molecular flexibility index (Phi) is 4.60. The maximum Gasteiger partial charge on any atom is 0.270 e. The highest BCUT2D eigenvalue weighted by molar-refractivity contribution is 7.09. The monoisotopic (exact) mass is 377 g/mol. The predicted octanol–water partition coefficient (Wildman–Crippen LogP) is 3.63. The Morgan fingerprint density at radius 1 is 1.22 bits per heavy atom. The smallest absolute Gasteiger partial charge is 0.270 e. The van der Waals surface area contributed by atoms with Crippen molar-refractivity contribution in [3.8, 4) is 0 Å². The van der Waals surface area contributed by atoms with Crippen LogP contribution in [-0.2, 0) is 6.54 Å². The molecule has 0 spiro atoms. The molecule has 0 radical (unpaired) electrons. The number of pyridine rings is 1. The average Bonchev–Trinajstić information content (AvgIpc) is 3.32. The van der Waals surface area contributed by atoms with Gasteiger partial charge in [0, 0.05) is 17.6 Å². The highest BCUT2D eigenvalue weighted by Gasteiger charge is 2.17. The number of carbonyl (C=O) groups is 1. The van der Waals surface area contributed by atoms with Crippen LogP contribution >= 0.6 is 11.3 Å². The number of carbonyl (C=O) groups excluding carboxylic acids is 1. The molecule has 0 aliphatic heterocycles. The van der Waals surface area contributed by atoms with Gasteiger partial charge in [0.2, 0.25) is 0 Å². The molecule has 0 saturated heterocycles. The summed E-state index contributed by atoms with van der Waals surface area (Å²) in [7, 11) is 1.82. The minimum atomic E-state index is -0.187. The summed E-state index contributed by atoms with van der Waals surface area (Å²) in [5.74, 6) is -0.187. The van der Waals surface area contributed by atoms with Crippen molar-refractivity contribution < 1.29 is 4.79 Å². The third kappa shape index (κ3) is 3.54. The summed E-state index contributed by atoms with van der Waals surface area (Å²) in [5.41, 5.74) is 5.89. The molecule has 7 heteroatoms. The number of hydrazine groups is 1. The zero-order valence-corrected chi connectivity index (χ0v) is 15.9. The van der Waals surface area contributed by atoms with E-state index >= 15 is 0 Å². The van der Waals surface area contributed by atoms with Gasteiger partial charge < -0.3 is 0 Å². The number of hydrogen-bond donors (Lipinski definition) is 1. The van der Waals surface area contributed by atoms with Gasteiger partial charge in [-0.15, -0.1) is 11.3 Å². The highest BCUT2D eigenvalue weighted by atomic mass is 32.1. The summed E-state index contributed by atoms with van der Waals surface area (Å²) in [6.07, 6.45) is 1.72. The number of benzene rings is 1. The Morgan fingerprint density at radius 2 is 2.04 bits per heavy atom. The summed E-state index contributed by atoms with van der Waals surface area (Å²) in [5, 5.41) is 8.95. The summed E-state index contributed by atoms with van der Waals surface area (Å²) < 4.78 is 1.84. The minimum absolute atomic E-state index is 0.187. The number of anilines is 1. The molecule has 136 valence electrons. The van der Waals surface area contributed by atoms with E-state index in [9.17, 15) is 4.79 Å². The standard InChI is InChI=1S/C20H19N5OS/c1-14-11-17(20(26)23-24(2)15-7-4-3-5-8-15)18-12-21-25(19(18)22-14)13-16-9-6-10-27-16/h3-12H,13H2,1-2H3,(H,23,26). The van der Waals surface area contributed by atoms with E-state index in [0.717, 1.165) is 22.4 Å². The number of nitrogens with one attached hydrogen (secondary N) is 1. The van der Waals surface area contributed by atoms with E-state index < -0.39 is 0 Å². The van der Waals surface area contributed by atoms with Crippen molar-refractivity contribution in [1.29, 1.82) is 0 Å². The van der Waals surface area contributed by atoms with Crippen molar-refractivity contribution in [3.63, 3.8) is 0 Å². The molecule has 6 nitrogen and oxygen atoms in total. The molecule has 3 aromatic heterocycles. The second-order valence-corrected chi connectivity index (χ2v) is 7.30. The number of fused-ring (bicyclic) bond motifs is 1. The van der Waals surface area contributed by atoms with Gasteiger partial charge in [-0.05, 0) is 36.6 Å². The van der Waals surface area contributed by atoms with Gasteiger partial charge in [-0.1, -0.05) is 24.3 Å². The lowest BCUT2D eigenvalue weighted by molar-refractivity contribution is 0.0953. The van der Waals surface area contributed by atoms with Gasteiger partial charge >= 0.3 is 0 Å². The third-order valence-electron chi connectivity index (χ3n) is 4.28. The number of rotatable bonds is 5. The quantitative estimate of drug-likeness (QED) is 0.540. The Labute approximate surface area is 161 Å². The first-order valence-corrected chi connectivity index (χ1v) is 9.45. The number of aryl methyl sites for hydroxylation is 1. The normalized spacial score (nSPS) is 10.9. The fraction of sp³-hybridized carbons (Fsp3) is 0.150. The van der Waals surface area contributed by atoms with Crippen LogP contribution in [0.3, 0.4) is 0 Å². The Bertz CT molecular complexity index is 1070. The lowest BCUT2D eigenvalue weighted by atomic mass is 10.1. The number of nitrogens with zero attached hydrogens (tertiary/aromatic N) is 4. The minimum Gasteiger partial charge on any atom is -0.288 e. The number of hydrogen-bond acceptors (Lipinski definition) is 5. The predicted molar refractivity (Wildman–Crippen MR) is 108 cm³/mol. The summed E-state index contributed by atoms with van der Waals surface area (Å²) >= 11 is 1.68. The first kappa shape index (κ1) is 17.2. The van der Waals surface area contributed by atoms with Crippen LogP contribution in [0.15, 0.2) is 60.1 Å². The van der Waals surface area contributed by atoms with Gasteiger partial charge in [-0.25, -0.2) is 9.67 Å². The summed E-state index contributed by atoms with van der Waals surface area (Å²) in [6, 6.07) is 15.6. The molecule has 4 rings (SSSR count). The van der Waals surface area contributed by atoms with E-state index in [1.54, 1.807) is 28.6 Å². The van der Waals surface area contributed by atoms with Crippen molar-refractivity contribution in [1.82, 2.24) is 20.2 Å². The zero-order chi connectivity index (χ0) is 18.8. The van der Waals surface area contributed by atoms with Gasteiger partial charge in [0.15, 0.2) is 5.65 Å². The Morgan fingerprint density at radius 3 is 2.78 bits per heavy atom. The molecule has 0 atom stereocenters. The first-order valence-electron chi connectivity index (χ1n) is 8.57. The van der Waals surface area contributed by atoms with Crippen LogP contribution in [0.2, 0.25) is 0 Å². The van der Waals surface area contributed by atoms with Gasteiger partial charge in [0.1, 0.15) is 0 Å². The van der Waals surface area contributed by atoms with Crippen molar-refractivity contribution in [2.45, 2.75) is 13.5 Å². The van der Waals surface area contributed by atoms with Crippen LogP contribution in [-0.4, -0.2) is 27.7 Å². The zero-order valence-electron chi connectivity index (χ0n) is 15.1. The van der Waals surface area contributed by atoms with Gasteiger partial charge in [0.05, 0.1) is 29.4 Å². The van der Waals surface area contributed by atoms with Gasteiger partial charge in [-0.3, -0.25) is 15.2 Å². The van der Waals surface area contributed by atoms with E-state index in [0.29, 0.717) is 12.1 Å². The van der Waals surface area contributed by atoms with Crippen molar-refractivity contribution >= 4 is 34.0 Å². The maximum atomic E-state index is 12.9. The number of amides is 1. The molecule has 1 aromatic carbocycles. The summed E-state index contributed by atoms with van der Waals surface area (Å²) in [6.45, 7) is 2.53. The Hall–Kier alpha value is -3.19. The van der Waals surface area contributed by atoms with Gasteiger partial charge in [-0.2, -0.15) is 5.10 Å². The van der Waals surface area contributed by atoms with E-state index in [1.807, 2.05) is 60.4 Å². The molecule has 0 aliphatic carbocycles. The lowest BCUT2D eigenvalue weighted by Crippen LogP contribution is -2.39.